The van der Waals surface area contributed by atoms with Crippen LogP contribution < -0.4 is 11.1 Å². The number of unbranched alkanes of at least 4 members (excludes halogenated alkanes) is 1. The topological polar surface area (TPSA) is 87.8 Å². The number of amides is 3. The number of hydrogen-bond donors (Lipinski definition) is 1. The molecule has 2 aromatic rings. The van der Waals surface area contributed by atoms with Crippen molar-refractivity contribution >= 4 is 28.7 Å². The summed E-state index contributed by atoms with van der Waals surface area (Å²) in [6, 6.07) is 4.30. The molecule has 0 saturated carbocycles. The predicted molar refractivity (Wildman–Crippen MR) is 98.1 cm³/mol. The number of carbonyl (C=O) groups excluding carboxylic acids is 2. The molecule has 1 aliphatic rings. The molecule has 1 fully saturated rings. The summed E-state index contributed by atoms with van der Waals surface area (Å²) in [5.41, 5.74) is 1.59. The molecular formula is C18H24N4O4. The lowest BCUT2D eigenvalue weighted by Gasteiger charge is -2.39. The number of urea groups is 1. The monoisotopic (exact) mass is 360 g/mol. The van der Waals surface area contributed by atoms with Crippen LogP contribution in [0.15, 0.2) is 27.4 Å². The quantitative estimate of drug-likeness (QED) is 0.903. The number of piperazine rings is 1. The maximum absolute atomic E-state index is 12.7. The van der Waals surface area contributed by atoms with Crippen LogP contribution in [0.2, 0.25) is 0 Å². The molecule has 3 amide bonds. The minimum Gasteiger partial charge on any atom is -0.408 e. The molecule has 1 N–H and O–H groups in total. The second-order valence-electron chi connectivity index (χ2n) is 6.65. The number of likely N-dealkylation sites (N-methyl/N-ethyl adjacent to an activating group) is 1. The smallest absolute Gasteiger partial charge is 0.408 e. The third kappa shape index (κ3) is 3.31. The Morgan fingerprint density at radius 1 is 1.27 bits per heavy atom. The van der Waals surface area contributed by atoms with Crippen LogP contribution in [-0.2, 0) is 11.8 Å². The van der Waals surface area contributed by atoms with Crippen molar-refractivity contribution in [3.8, 4) is 0 Å². The summed E-state index contributed by atoms with van der Waals surface area (Å²) in [7, 11) is 3.39. The van der Waals surface area contributed by atoms with E-state index in [0.29, 0.717) is 36.3 Å². The second-order valence-corrected chi connectivity index (χ2v) is 6.65. The zero-order chi connectivity index (χ0) is 18.8. The van der Waals surface area contributed by atoms with E-state index in [9.17, 15) is 14.4 Å². The zero-order valence-corrected chi connectivity index (χ0v) is 15.3. The van der Waals surface area contributed by atoms with Gasteiger partial charge in [-0.05, 0) is 18.6 Å². The van der Waals surface area contributed by atoms with Gasteiger partial charge in [-0.15, -0.1) is 0 Å². The Kier molecular flexibility index (Phi) is 5.01. The van der Waals surface area contributed by atoms with Gasteiger partial charge in [0.15, 0.2) is 5.58 Å². The number of rotatable bonds is 4. The number of anilines is 1. The summed E-state index contributed by atoms with van der Waals surface area (Å²) >= 11 is 0. The van der Waals surface area contributed by atoms with Gasteiger partial charge in [0, 0.05) is 38.9 Å². The molecular weight excluding hydrogens is 336 g/mol. The van der Waals surface area contributed by atoms with Crippen molar-refractivity contribution in [2.24, 2.45) is 7.05 Å². The van der Waals surface area contributed by atoms with Gasteiger partial charge in [0.05, 0.1) is 5.52 Å². The lowest BCUT2D eigenvalue weighted by molar-refractivity contribution is -0.138. The van der Waals surface area contributed by atoms with Crippen molar-refractivity contribution in [2.75, 3.05) is 25.5 Å². The van der Waals surface area contributed by atoms with Crippen LogP contribution >= 0.6 is 0 Å². The Balaban J connectivity index is 1.79. The van der Waals surface area contributed by atoms with Crippen LogP contribution in [0.3, 0.4) is 0 Å². The average Bonchev–Trinajstić information content (AvgIpc) is 2.89. The number of oxazole rings is 1. The van der Waals surface area contributed by atoms with E-state index in [1.54, 1.807) is 42.1 Å². The third-order valence-corrected chi connectivity index (χ3v) is 4.85. The molecule has 0 spiro atoms. The van der Waals surface area contributed by atoms with E-state index >= 15 is 0 Å². The van der Waals surface area contributed by atoms with Crippen LogP contribution in [0, 0.1) is 0 Å². The van der Waals surface area contributed by atoms with Crippen molar-refractivity contribution in [1.82, 2.24) is 14.4 Å². The average molecular weight is 360 g/mol. The van der Waals surface area contributed by atoms with Crippen molar-refractivity contribution in [3.63, 3.8) is 0 Å². The van der Waals surface area contributed by atoms with E-state index in [0.717, 1.165) is 12.8 Å². The molecule has 1 aromatic heterocycles. The van der Waals surface area contributed by atoms with Gasteiger partial charge in [0.1, 0.15) is 6.04 Å². The third-order valence-electron chi connectivity index (χ3n) is 4.85. The molecule has 8 nitrogen and oxygen atoms in total. The largest absolute Gasteiger partial charge is 0.419 e. The summed E-state index contributed by atoms with van der Waals surface area (Å²) in [6.45, 7) is 3.07. The van der Waals surface area contributed by atoms with E-state index in [2.05, 4.69) is 12.2 Å². The highest BCUT2D eigenvalue weighted by Crippen LogP contribution is 2.21. The SMILES string of the molecule is CCCCC1C(=O)N(C)CCN1C(=O)Nc1ccc2c(c1)oc(=O)n2C. The highest BCUT2D eigenvalue weighted by molar-refractivity contribution is 5.95. The zero-order valence-electron chi connectivity index (χ0n) is 15.3. The number of carbonyl (C=O) groups is 2. The van der Waals surface area contributed by atoms with Gasteiger partial charge in [-0.3, -0.25) is 9.36 Å². The van der Waals surface area contributed by atoms with Crippen molar-refractivity contribution in [3.05, 3.63) is 28.7 Å². The number of nitrogens with zero attached hydrogens (tertiary/aromatic N) is 3. The second kappa shape index (κ2) is 7.23. The summed E-state index contributed by atoms with van der Waals surface area (Å²) < 4.78 is 6.56. The number of fused-ring (bicyclic) bond motifs is 1. The van der Waals surface area contributed by atoms with Crippen LogP contribution in [0.4, 0.5) is 10.5 Å². The first-order chi connectivity index (χ1) is 12.4. The molecule has 1 atom stereocenters. The number of hydrogen-bond acceptors (Lipinski definition) is 4. The summed E-state index contributed by atoms with van der Waals surface area (Å²) in [6.07, 6.45) is 2.50. The molecule has 1 unspecified atom stereocenters. The molecule has 140 valence electrons. The Labute approximate surface area is 151 Å². The molecule has 26 heavy (non-hydrogen) atoms. The molecule has 2 heterocycles. The summed E-state index contributed by atoms with van der Waals surface area (Å²) in [4.78, 5) is 40.1. The molecule has 1 aliphatic heterocycles. The summed E-state index contributed by atoms with van der Waals surface area (Å²) in [5, 5.41) is 2.82. The van der Waals surface area contributed by atoms with Crippen molar-refractivity contribution < 1.29 is 14.0 Å². The first-order valence-corrected chi connectivity index (χ1v) is 8.84. The van der Waals surface area contributed by atoms with Crippen LogP contribution in [0.1, 0.15) is 26.2 Å². The molecule has 0 radical (unpaired) electrons. The lowest BCUT2D eigenvalue weighted by atomic mass is 10.0. The van der Waals surface area contributed by atoms with Gasteiger partial charge in [-0.2, -0.15) is 0 Å². The lowest BCUT2D eigenvalue weighted by Crippen LogP contribution is -2.58. The van der Waals surface area contributed by atoms with E-state index in [1.807, 2.05) is 0 Å². The number of benzene rings is 1. The highest BCUT2D eigenvalue weighted by Gasteiger charge is 2.35. The number of aryl methyl sites for hydroxylation is 1. The first-order valence-electron chi connectivity index (χ1n) is 8.84. The van der Waals surface area contributed by atoms with Crippen LogP contribution in [0.25, 0.3) is 11.1 Å². The van der Waals surface area contributed by atoms with Gasteiger partial charge in [-0.1, -0.05) is 19.8 Å². The predicted octanol–water partition coefficient (Wildman–Crippen LogP) is 2.00. The normalized spacial score (nSPS) is 17.8. The number of aromatic nitrogens is 1. The maximum Gasteiger partial charge on any atom is 0.419 e. The fourth-order valence-electron chi connectivity index (χ4n) is 3.24. The molecule has 1 aromatic carbocycles. The van der Waals surface area contributed by atoms with E-state index in [4.69, 9.17) is 4.42 Å². The van der Waals surface area contributed by atoms with Gasteiger partial charge < -0.3 is 19.5 Å². The highest BCUT2D eigenvalue weighted by atomic mass is 16.4. The molecule has 3 rings (SSSR count). The molecule has 8 heteroatoms. The maximum atomic E-state index is 12.7. The summed E-state index contributed by atoms with van der Waals surface area (Å²) in [5.74, 6) is -0.475. The fourth-order valence-corrected chi connectivity index (χ4v) is 3.24. The molecule has 0 bridgehead atoms. The van der Waals surface area contributed by atoms with Gasteiger partial charge in [0.25, 0.3) is 0 Å². The Hall–Kier alpha value is -2.77. The minimum absolute atomic E-state index is 0.0237. The first kappa shape index (κ1) is 18.0. The Bertz CT molecular complexity index is 885. The number of nitrogens with one attached hydrogen (secondary N) is 1. The van der Waals surface area contributed by atoms with E-state index < -0.39 is 11.8 Å². The van der Waals surface area contributed by atoms with Gasteiger partial charge in [0.2, 0.25) is 5.91 Å². The van der Waals surface area contributed by atoms with Crippen molar-refractivity contribution in [1.29, 1.82) is 0 Å². The Morgan fingerprint density at radius 3 is 2.77 bits per heavy atom. The van der Waals surface area contributed by atoms with Crippen LogP contribution in [-0.4, -0.2) is 52.5 Å². The minimum atomic E-state index is -0.451. The van der Waals surface area contributed by atoms with Gasteiger partial charge >= 0.3 is 11.8 Å². The van der Waals surface area contributed by atoms with Crippen LogP contribution in [0.5, 0.6) is 0 Å². The fraction of sp³-hybridized carbons (Fsp3) is 0.500. The van der Waals surface area contributed by atoms with Gasteiger partial charge in [-0.25, -0.2) is 9.59 Å². The van der Waals surface area contributed by atoms with Crippen molar-refractivity contribution in [2.45, 2.75) is 32.2 Å². The Morgan fingerprint density at radius 2 is 2.04 bits per heavy atom. The standard InChI is InChI=1S/C18H24N4O4/c1-4-5-6-14-16(23)20(2)9-10-22(14)17(24)19-12-7-8-13-15(11-12)26-18(25)21(13)3/h7-8,11,14H,4-6,9-10H2,1-3H3,(H,19,24). The van der Waals surface area contributed by atoms with E-state index in [1.165, 1.54) is 4.57 Å². The molecule has 0 aliphatic carbocycles. The van der Waals surface area contributed by atoms with E-state index in [-0.39, 0.29) is 11.9 Å². The molecule has 1 saturated heterocycles.